The predicted molar refractivity (Wildman–Crippen MR) is 329 cm³/mol. The summed E-state index contributed by atoms with van der Waals surface area (Å²) in [7, 11) is 0. The number of aliphatic hydroxyl groups excluding tert-OH is 2. The SMILES string of the molecule is CCCCC/C=C\C/C=C\CCCCCCCC(=O)OCCCCCCCCCCC/C=C\C/C=C\CCCCCCCCCCCCCCCC(=O)NC(CO)C(O)CCCCCCCCCCCCCCCC. The quantitative estimate of drug-likeness (QED) is 0.0320. The number of esters is 1. The lowest BCUT2D eigenvalue weighted by molar-refractivity contribution is -0.143. The molecule has 6 heteroatoms. The van der Waals surface area contributed by atoms with E-state index in [-0.39, 0.29) is 18.5 Å². The number of carbonyl (C=O) groups excluding carboxylic acids is 2. The van der Waals surface area contributed by atoms with E-state index in [1.54, 1.807) is 0 Å². The standard InChI is InChI=1S/C69H129NO5/c1-3-5-7-9-11-13-15-17-34-39-43-47-51-55-59-63-69(74)75-64-60-56-52-48-44-40-36-33-31-29-27-25-23-21-19-20-22-24-26-28-30-32-35-38-42-46-50-54-58-62-68(73)70-66(65-71)67(72)61-57-53-49-45-41-37-18-16-14-12-10-8-6-4-2/h11,13,17,19,21,25,27,34,66-67,71-72H,3-10,12,14-16,18,20,22-24,26,28-33,35-65H2,1-2H3,(H,70,73)/b13-11-,21-19-,27-25-,34-17-. The maximum atomic E-state index is 12.5. The first kappa shape index (κ1) is 72.8. The number of nitrogens with one attached hydrogen (secondary N) is 1. The summed E-state index contributed by atoms with van der Waals surface area (Å²) < 4.78 is 5.48. The fourth-order valence-corrected chi connectivity index (χ4v) is 10.2. The van der Waals surface area contributed by atoms with Gasteiger partial charge in [-0.25, -0.2) is 0 Å². The average molecular weight is 1050 g/mol. The van der Waals surface area contributed by atoms with Crippen molar-refractivity contribution in [3.05, 3.63) is 48.6 Å². The van der Waals surface area contributed by atoms with Crippen LogP contribution in [0.5, 0.6) is 0 Å². The summed E-state index contributed by atoms with van der Waals surface area (Å²) in [5, 5.41) is 23.3. The van der Waals surface area contributed by atoms with Crippen LogP contribution in [0.3, 0.4) is 0 Å². The lowest BCUT2D eigenvalue weighted by atomic mass is 10.0. The second-order valence-corrected chi connectivity index (χ2v) is 22.8. The van der Waals surface area contributed by atoms with Crippen molar-refractivity contribution in [1.82, 2.24) is 5.32 Å². The maximum Gasteiger partial charge on any atom is 0.305 e. The minimum atomic E-state index is -0.665. The van der Waals surface area contributed by atoms with Crippen molar-refractivity contribution in [3.63, 3.8) is 0 Å². The molecule has 0 saturated carbocycles. The number of hydrogen-bond acceptors (Lipinski definition) is 5. The number of amides is 1. The highest BCUT2D eigenvalue weighted by atomic mass is 16.5. The second kappa shape index (κ2) is 64.3. The molecule has 2 unspecified atom stereocenters. The van der Waals surface area contributed by atoms with Crippen LogP contribution in [0.4, 0.5) is 0 Å². The normalized spacial score (nSPS) is 12.9. The Kier molecular flexibility index (Phi) is 62.5. The molecule has 0 aliphatic carbocycles. The van der Waals surface area contributed by atoms with Crippen molar-refractivity contribution in [1.29, 1.82) is 0 Å². The molecule has 0 bridgehead atoms. The molecule has 0 saturated heterocycles. The molecule has 0 heterocycles. The fraction of sp³-hybridized carbons (Fsp3) is 0.855. The number of aliphatic hydroxyl groups is 2. The van der Waals surface area contributed by atoms with Crippen LogP contribution in [0.25, 0.3) is 0 Å². The molecule has 0 aromatic carbocycles. The molecule has 1 amide bonds. The Labute approximate surface area is 467 Å². The fourth-order valence-electron chi connectivity index (χ4n) is 10.2. The van der Waals surface area contributed by atoms with Gasteiger partial charge in [0.25, 0.3) is 0 Å². The van der Waals surface area contributed by atoms with E-state index in [9.17, 15) is 19.8 Å². The second-order valence-electron chi connectivity index (χ2n) is 22.8. The van der Waals surface area contributed by atoms with Gasteiger partial charge < -0.3 is 20.3 Å². The van der Waals surface area contributed by atoms with Crippen molar-refractivity contribution < 1.29 is 24.5 Å². The van der Waals surface area contributed by atoms with Gasteiger partial charge in [-0.15, -0.1) is 0 Å². The Morgan fingerprint density at radius 3 is 1.04 bits per heavy atom. The van der Waals surface area contributed by atoms with Crippen LogP contribution in [0.2, 0.25) is 0 Å². The molecular formula is C69H129NO5. The number of unbranched alkanes of at least 4 members (excludes halogenated alkanes) is 43. The van der Waals surface area contributed by atoms with Crippen LogP contribution in [-0.2, 0) is 14.3 Å². The minimum Gasteiger partial charge on any atom is -0.466 e. The molecule has 0 spiro atoms. The van der Waals surface area contributed by atoms with Gasteiger partial charge in [0.2, 0.25) is 5.91 Å². The van der Waals surface area contributed by atoms with Gasteiger partial charge in [-0.2, -0.15) is 0 Å². The smallest absolute Gasteiger partial charge is 0.305 e. The Morgan fingerprint density at radius 1 is 0.373 bits per heavy atom. The van der Waals surface area contributed by atoms with Crippen LogP contribution in [0.1, 0.15) is 354 Å². The summed E-state index contributed by atoms with van der Waals surface area (Å²) in [5.41, 5.74) is 0. The largest absolute Gasteiger partial charge is 0.466 e. The molecule has 2 atom stereocenters. The lowest BCUT2D eigenvalue weighted by Gasteiger charge is -2.22. The summed E-state index contributed by atoms with van der Waals surface area (Å²) in [4.78, 5) is 24.5. The van der Waals surface area contributed by atoms with E-state index in [1.807, 2.05) is 0 Å². The first-order valence-electron chi connectivity index (χ1n) is 33.4. The minimum absolute atomic E-state index is 0.00213. The van der Waals surface area contributed by atoms with Crippen molar-refractivity contribution in [2.45, 2.75) is 366 Å². The third kappa shape index (κ3) is 60.9. The molecule has 0 aromatic rings. The summed E-state index contributed by atoms with van der Waals surface area (Å²) in [6.45, 7) is 4.93. The van der Waals surface area contributed by atoms with Crippen LogP contribution in [0, 0.1) is 0 Å². The first-order valence-corrected chi connectivity index (χ1v) is 33.4. The molecule has 440 valence electrons. The zero-order valence-electron chi connectivity index (χ0n) is 50.3. The molecule has 6 nitrogen and oxygen atoms in total. The Bertz CT molecular complexity index is 1260. The van der Waals surface area contributed by atoms with E-state index in [4.69, 9.17) is 4.74 Å². The highest BCUT2D eigenvalue weighted by molar-refractivity contribution is 5.76. The molecule has 0 radical (unpaired) electrons. The number of allylic oxidation sites excluding steroid dienone is 8. The van der Waals surface area contributed by atoms with Crippen molar-refractivity contribution in [2.75, 3.05) is 13.2 Å². The highest BCUT2D eigenvalue weighted by Gasteiger charge is 2.20. The summed E-state index contributed by atoms with van der Waals surface area (Å²) in [6, 6.07) is -0.542. The third-order valence-electron chi connectivity index (χ3n) is 15.4. The van der Waals surface area contributed by atoms with Gasteiger partial charge in [0.15, 0.2) is 0 Å². The zero-order chi connectivity index (χ0) is 54.3. The van der Waals surface area contributed by atoms with Crippen LogP contribution >= 0.6 is 0 Å². The summed E-state index contributed by atoms with van der Waals surface area (Å²) in [5.74, 6) is -0.0370. The monoisotopic (exact) mass is 1050 g/mol. The van der Waals surface area contributed by atoms with Gasteiger partial charge in [0.05, 0.1) is 25.4 Å². The van der Waals surface area contributed by atoms with Crippen LogP contribution < -0.4 is 5.32 Å². The first-order chi connectivity index (χ1) is 37.0. The van der Waals surface area contributed by atoms with Gasteiger partial charge in [0.1, 0.15) is 0 Å². The van der Waals surface area contributed by atoms with E-state index in [2.05, 4.69) is 67.8 Å². The number of carbonyl (C=O) groups is 2. The molecule has 75 heavy (non-hydrogen) atoms. The topological polar surface area (TPSA) is 95.9 Å². The molecule has 0 rings (SSSR count). The van der Waals surface area contributed by atoms with E-state index >= 15 is 0 Å². The predicted octanol–water partition coefficient (Wildman–Crippen LogP) is 21.3. The van der Waals surface area contributed by atoms with Gasteiger partial charge in [0, 0.05) is 12.8 Å². The van der Waals surface area contributed by atoms with Gasteiger partial charge >= 0.3 is 5.97 Å². The number of rotatable bonds is 62. The van der Waals surface area contributed by atoms with E-state index < -0.39 is 12.1 Å². The molecule has 0 aliphatic rings. The summed E-state index contributed by atoms with van der Waals surface area (Å²) in [6.07, 6.45) is 82.8. The summed E-state index contributed by atoms with van der Waals surface area (Å²) >= 11 is 0. The molecule has 0 aromatic heterocycles. The highest BCUT2D eigenvalue weighted by Crippen LogP contribution is 2.18. The van der Waals surface area contributed by atoms with Crippen molar-refractivity contribution in [2.24, 2.45) is 0 Å². The third-order valence-corrected chi connectivity index (χ3v) is 15.4. The van der Waals surface area contributed by atoms with Gasteiger partial charge in [-0.1, -0.05) is 300 Å². The van der Waals surface area contributed by atoms with Crippen molar-refractivity contribution in [3.8, 4) is 0 Å². The Balaban J connectivity index is 3.41. The zero-order valence-corrected chi connectivity index (χ0v) is 50.3. The molecule has 0 aliphatic heterocycles. The van der Waals surface area contributed by atoms with Crippen molar-refractivity contribution >= 4 is 11.9 Å². The van der Waals surface area contributed by atoms with E-state index in [0.717, 1.165) is 57.8 Å². The molecule has 0 fully saturated rings. The van der Waals surface area contributed by atoms with Gasteiger partial charge in [-0.3, -0.25) is 9.59 Å². The van der Waals surface area contributed by atoms with Crippen LogP contribution in [0.15, 0.2) is 48.6 Å². The van der Waals surface area contributed by atoms with Gasteiger partial charge in [-0.05, 0) is 89.9 Å². The number of ether oxygens (including phenoxy) is 1. The molecular weight excluding hydrogens is 923 g/mol. The van der Waals surface area contributed by atoms with E-state index in [1.165, 1.54) is 263 Å². The number of hydrogen-bond donors (Lipinski definition) is 3. The maximum absolute atomic E-state index is 12.5. The van der Waals surface area contributed by atoms with E-state index in [0.29, 0.717) is 25.9 Å². The Morgan fingerprint density at radius 2 is 0.667 bits per heavy atom. The van der Waals surface area contributed by atoms with Crippen LogP contribution in [-0.4, -0.2) is 47.4 Å². The average Bonchev–Trinajstić information content (AvgIpc) is 3.41. The Hall–Kier alpha value is -2.18. The lowest BCUT2D eigenvalue weighted by Crippen LogP contribution is -2.45. The molecule has 3 N–H and O–H groups in total.